The molecule has 19 heavy (non-hydrogen) atoms. The summed E-state index contributed by atoms with van der Waals surface area (Å²) < 4.78 is 6.24. The molecule has 0 fully saturated rings. The van der Waals surface area contributed by atoms with E-state index in [1.807, 2.05) is 17.9 Å². The average Bonchev–Trinajstić information content (AvgIpc) is 2.79. The van der Waals surface area contributed by atoms with Gasteiger partial charge in [-0.2, -0.15) is 9.50 Å². The van der Waals surface area contributed by atoms with Crippen LogP contribution in [0, 0.1) is 0 Å². The van der Waals surface area contributed by atoms with Gasteiger partial charge in [0.15, 0.2) is 0 Å². The van der Waals surface area contributed by atoms with Crippen LogP contribution in [-0.4, -0.2) is 22.3 Å². The molecule has 1 aromatic rings. The molecule has 2 N–H and O–H groups in total. The van der Waals surface area contributed by atoms with E-state index < -0.39 is 0 Å². The lowest BCUT2D eigenvalue weighted by Crippen LogP contribution is -2.32. The summed E-state index contributed by atoms with van der Waals surface area (Å²) in [6.07, 6.45) is 9.72. The third kappa shape index (κ3) is 4.16. The van der Waals surface area contributed by atoms with Gasteiger partial charge in [0, 0.05) is 25.5 Å². The van der Waals surface area contributed by atoms with Crippen LogP contribution in [0.4, 0.5) is 5.69 Å². The van der Waals surface area contributed by atoms with Crippen LogP contribution in [0.1, 0.15) is 45.4 Å². The first-order valence-electron chi connectivity index (χ1n) is 7.09. The molecule has 1 aromatic heterocycles. The highest BCUT2D eigenvalue weighted by molar-refractivity contribution is 7.98. The Kier molecular flexibility index (Phi) is 5.57. The zero-order valence-corrected chi connectivity index (χ0v) is 12.6. The maximum absolute atomic E-state index is 4.40. The molecule has 0 saturated carbocycles. The van der Waals surface area contributed by atoms with Crippen molar-refractivity contribution in [3.63, 3.8) is 0 Å². The maximum Gasteiger partial charge on any atom is 0.208 e. The van der Waals surface area contributed by atoms with E-state index >= 15 is 0 Å². The number of guanidine groups is 1. The van der Waals surface area contributed by atoms with Crippen LogP contribution in [-0.2, 0) is 7.05 Å². The Morgan fingerprint density at radius 2 is 2.05 bits per heavy atom. The van der Waals surface area contributed by atoms with Gasteiger partial charge in [-0.1, -0.05) is 39.0 Å². The van der Waals surface area contributed by atoms with E-state index in [4.69, 9.17) is 0 Å². The van der Waals surface area contributed by atoms with Gasteiger partial charge in [0.1, 0.15) is 5.03 Å². The minimum atomic E-state index is 0.846. The molecule has 1 aliphatic heterocycles. The van der Waals surface area contributed by atoms with E-state index in [2.05, 4.69) is 27.1 Å². The second kappa shape index (κ2) is 7.43. The summed E-state index contributed by atoms with van der Waals surface area (Å²) in [7, 11) is 1.93. The van der Waals surface area contributed by atoms with Gasteiger partial charge in [-0.15, -0.1) is 0 Å². The topological polar surface area (TPSA) is 54.2 Å². The molecule has 6 heteroatoms. The molecule has 0 unspecified atom stereocenters. The highest BCUT2D eigenvalue weighted by atomic mass is 32.2. The quantitative estimate of drug-likeness (QED) is 0.595. The summed E-state index contributed by atoms with van der Waals surface area (Å²) in [6, 6.07) is 0. The first-order chi connectivity index (χ1) is 9.31. The number of hydrogen-bond donors (Lipinski definition) is 2. The van der Waals surface area contributed by atoms with Crippen molar-refractivity contribution in [1.82, 2.24) is 15.1 Å². The first-order valence-corrected chi connectivity index (χ1v) is 7.86. The summed E-state index contributed by atoms with van der Waals surface area (Å²) in [5.41, 5.74) is 1.04. The van der Waals surface area contributed by atoms with E-state index in [0.717, 1.165) is 23.2 Å². The van der Waals surface area contributed by atoms with Gasteiger partial charge >= 0.3 is 0 Å². The lowest BCUT2D eigenvalue weighted by atomic mass is 10.1. The number of fused-ring (bicyclic) bond motifs is 1. The van der Waals surface area contributed by atoms with Crippen molar-refractivity contribution >= 4 is 23.6 Å². The molecule has 0 aromatic carbocycles. The standard InChI is InChI=1S/C13H23N5S/c1-3-4-5-6-7-8-9-14-13-16-11-10-15-18(2)12(11)19-17-13/h10H,3-9H2,1-2H3,(H2,14,16,17). The summed E-state index contributed by atoms with van der Waals surface area (Å²) in [6.45, 7) is 3.23. The lowest BCUT2D eigenvalue weighted by Gasteiger charge is -2.15. The van der Waals surface area contributed by atoms with Crippen molar-refractivity contribution in [3.05, 3.63) is 6.20 Å². The Morgan fingerprint density at radius 3 is 2.89 bits per heavy atom. The molecule has 0 saturated heterocycles. The molecule has 0 amide bonds. The van der Waals surface area contributed by atoms with Crippen molar-refractivity contribution in [2.45, 2.75) is 50.5 Å². The smallest absolute Gasteiger partial charge is 0.208 e. The molecule has 2 heterocycles. The van der Waals surface area contributed by atoms with Gasteiger partial charge in [0.05, 0.1) is 11.9 Å². The van der Waals surface area contributed by atoms with Crippen LogP contribution in [0.3, 0.4) is 0 Å². The summed E-state index contributed by atoms with van der Waals surface area (Å²) in [5, 5.41) is 11.9. The fourth-order valence-corrected chi connectivity index (χ4v) is 2.70. The molecule has 1 aliphatic rings. The van der Waals surface area contributed by atoms with Gasteiger partial charge in [-0.05, 0) is 6.42 Å². The molecule has 0 atom stereocenters. The molecular weight excluding hydrogens is 258 g/mol. The van der Waals surface area contributed by atoms with Gasteiger partial charge in [0.25, 0.3) is 0 Å². The molecule has 0 bridgehead atoms. The zero-order valence-electron chi connectivity index (χ0n) is 11.8. The van der Waals surface area contributed by atoms with Gasteiger partial charge in [-0.3, -0.25) is 4.68 Å². The van der Waals surface area contributed by atoms with Crippen molar-refractivity contribution in [2.75, 3.05) is 11.9 Å². The second-order valence-corrected chi connectivity index (χ2v) is 5.59. The van der Waals surface area contributed by atoms with Crippen molar-refractivity contribution in [2.24, 2.45) is 11.4 Å². The average molecular weight is 281 g/mol. The van der Waals surface area contributed by atoms with Gasteiger partial charge in [-0.25, -0.2) is 0 Å². The van der Waals surface area contributed by atoms with Crippen LogP contribution in [0.15, 0.2) is 15.6 Å². The molecule has 0 aliphatic carbocycles. The Labute approximate surface area is 119 Å². The number of rotatable bonds is 7. The van der Waals surface area contributed by atoms with E-state index in [1.54, 1.807) is 0 Å². The van der Waals surface area contributed by atoms with Crippen molar-refractivity contribution in [3.8, 4) is 0 Å². The van der Waals surface area contributed by atoms with E-state index in [0.29, 0.717) is 0 Å². The molecule has 2 rings (SSSR count). The predicted molar refractivity (Wildman–Crippen MR) is 81.5 cm³/mol. The number of unbranched alkanes of at least 4 members (excludes halogenated alkanes) is 5. The number of hydrogen-bond acceptors (Lipinski definition) is 5. The lowest BCUT2D eigenvalue weighted by molar-refractivity contribution is 0.602. The van der Waals surface area contributed by atoms with E-state index in [1.165, 1.54) is 50.5 Å². The molecule has 0 radical (unpaired) electrons. The third-order valence-electron chi connectivity index (χ3n) is 3.18. The second-order valence-electron chi connectivity index (χ2n) is 4.84. The minimum Gasteiger partial charge on any atom is -0.355 e. The number of aryl methyl sites for hydroxylation is 1. The van der Waals surface area contributed by atoms with Crippen LogP contribution < -0.4 is 10.6 Å². The maximum atomic E-state index is 4.40. The van der Waals surface area contributed by atoms with E-state index in [9.17, 15) is 0 Å². The largest absolute Gasteiger partial charge is 0.355 e. The number of nitrogens with zero attached hydrogens (tertiary/aromatic N) is 3. The van der Waals surface area contributed by atoms with Crippen LogP contribution in [0.25, 0.3) is 0 Å². The van der Waals surface area contributed by atoms with E-state index in [-0.39, 0.29) is 0 Å². The van der Waals surface area contributed by atoms with Crippen LogP contribution in [0.2, 0.25) is 0 Å². The van der Waals surface area contributed by atoms with Crippen molar-refractivity contribution < 1.29 is 0 Å². The normalized spacial score (nSPS) is 13.7. The summed E-state index contributed by atoms with van der Waals surface area (Å²) in [4.78, 5) is 0. The fraction of sp³-hybridized carbons (Fsp3) is 0.692. The Balaban J connectivity index is 1.62. The first kappa shape index (κ1) is 14.2. The van der Waals surface area contributed by atoms with Crippen LogP contribution in [0.5, 0.6) is 0 Å². The summed E-state index contributed by atoms with van der Waals surface area (Å²) >= 11 is 1.47. The van der Waals surface area contributed by atoms with Crippen molar-refractivity contribution in [1.29, 1.82) is 0 Å². The Morgan fingerprint density at radius 1 is 1.26 bits per heavy atom. The van der Waals surface area contributed by atoms with Crippen LogP contribution >= 0.6 is 11.9 Å². The monoisotopic (exact) mass is 281 g/mol. The molecule has 5 nitrogen and oxygen atoms in total. The highest BCUT2D eigenvalue weighted by Crippen LogP contribution is 2.30. The SMILES string of the molecule is CCCCCCCCNC1=NSc2c(cnn2C)N1. The third-order valence-corrected chi connectivity index (χ3v) is 4.11. The number of nitrogens with one attached hydrogen (secondary N) is 2. The Hall–Kier alpha value is -1.17. The fourth-order valence-electron chi connectivity index (χ4n) is 2.05. The highest BCUT2D eigenvalue weighted by Gasteiger charge is 2.15. The predicted octanol–water partition coefficient (Wildman–Crippen LogP) is 3.16. The molecule has 0 spiro atoms. The number of anilines is 1. The molecule has 106 valence electrons. The molecular formula is C13H23N5S. The number of aromatic nitrogens is 2. The Bertz CT molecular complexity index is 427. The minimum absolute atomic E-state index is 0.846. The zero-order chi connectivity index (χ0) is 13.5. The van der Waals surface area contributed by atoms with Gasteiger partial charge < -0.3 is 10.6 Å². The van der Waals surface area contributed by atoms with Gasteiger partial charge in [0.2, 0.25) is 5.96 Å². The summed E-state index contributed by atoms with van der Waals surface area (Å²) in [5.74, 6) is 0.846.